The van der Waals surface area contributed by atoms with Gasteiger partial charge in [-0.05, 0) is 32.5 Å². The summed E-state index contributed by atoms with van der Waals surface area (Å²) in [5.74, 6) is 2.03. The molecular formula is C17H28N2O2. The summed E-state index contributed by atoms with van der Waals surface area (Å²) in [6.45, 7) is 10.5. The van der Waals surface area contributed by atoms with E-state index in [4.69, 9.17) is 9.47 Å². The third-order valence-corrected chi connectivity index (χ3v) is 4.47. The van der Waals surface area contributed by atoms with Gasteiger partial charge in [-0.1, -0.05) is 13.8 Å². The quantitative estimate of drug-likeness (QED) is 0.874. The predicted octanol–water partition coefficient (Wildman–Crippen LogP) is 2.75. The van der Waals surface area contributed by atoms with Crippen LogP contribution in [-0.4, -0.2) is 38.8 Å². The van der Waals surface area contributed by atoms with Crippen molar-refractivity contribution in [1.29, 1.82) is 0 Å². The van der Waals surface area contributed by atoms with Gasteiger partial charge in [0, 0.05) is 35.8 Å². The number of benzene rings is 1. The number of likely N-dealkylation sites (N-methyl/N-ethyl adjacent to an activating group) is 1. The Morgan fingerprint density at radius 1 is 1.29 bits per heavy atom. The van der Waals surface area contributed by atoms with Gasteiger partial charge in [-0.2, -0.15) is 0 Å². The molecule has 4 heteroatoms. The molecule has 1 N–H and O–H groups in total. The van der Waals surface area contributed by atoms with Crippen molar-refractivity contribution < 1.29 is 9.47 Å². The molecule has 0 saturated heterocycles. The number of ether oxygens (including phenoxy) is 2. The summed E-state index contributed by atoms with van der Waals surface area (Å²) in [5, 5.41) is 3.38. The molecule has 0 saturated carbocycles. The highest BCUT2D eigenvalue weighted by Gasteiger charge is 2.30. The first-order chi connectivity index (χ1) is 10.2. The first kappa shape index (κ1) is 16.1. The van der Waals surface area contributed by atoms with Crippen LogP contribution in [0.2, 0.25) is 0 Å². The van der Waals surface area contributed by atoms with E-state index in [1.807, 2.05) is 0 Å². The zero-order valence-corrected chi connectivity index (χ0v) is 14.0. The van der Waals surface area contributed by atoms with Crippen molar-refractivity contribution in [3.05, 3.63) is 22.8 Å². The Bertz CT molecular complexity index is 488. The van der Waals surface area contributed by atoms with Crippen LogP contribution in [0.4, 0.5) is 0 Å². The van der Waals surface area contributed by atoms with Crippen LogP contribution in [0.5, 0.6) is 11.5 Å². The highest BCUT2D eigenvalue weighted by atomic mass is 16.5. The summed E-state index contributed by atoms with van der Waals surface area (Å²) < 4.78 is 11.4. The van der Waals surface area contributed by atoms with Crippen LogP contribution in [0.25, 0.3) is 0 Å². The molecule has 0 fully saturated rings. The van der Waals surface area contributed by atoms with Gasteiger partial charge in [-0.3, -0.25) is 4.90 Å². The molecular weight excluding hydrogens is 264 g/mol. The van der Waals surface area contributed by atoms with Crippen LogP contribution < -0.4 is 14.8 Å². The number of hydrogen-bond acceptors (Lipinski definition) is 4. The number of rotatable bonds is 6. The Morgan fingerprint density at radius 2 is 2.05 bits per heavy atom. The molecule has 118 valence electrons. The van der Waals surface area contributed by atoms with Crippen LogP contribution in [0.15, 0.2) is 6.07 Å². The molecule has 0 amide bonds. The average Bonchev–Trinajstić information content (AvgIpc) is 2.51. The highest BCUT2D eigenvalue weighted by Crippen LogP contribution is 2.42. The summed E-state index contributed by atoms with van der Waals surface area (Å²) in [4.78, 5) is 2.48. The lowest BCUT2D eigenvalue weighted by atomic mass is 9.89. The monoisotopic (exact) mass is 292 g/mol. The lowest BCUT2D eigenvalue weighted by molar-refractivity contribution is 0.202. The van der Waals surface area contributed by atoms with E-state index in [0.717, 1.165) is 44.1 Å². The zero-order valence-electron chi connectivity index (χ0n) is 14.0. The maximum Gasteiger partial charge on any atom is 0.127 e. The molecule has 1 aliphatic rings. The minimum Gasteiger partial charge on any atom is -0.496 e. The standard InChI is InChI=1S/C17H28N2O2/c1-6-18-11-13-10-15(20-4)16-12(3)19(7-2)9-8-14(16)17(13)21-5/h10,12,18H,6-9,11H2,1-5H3. The fourth-order valence-corrected chi connectivity index (χ4v) is 3.35. The second kappa shape index (κ2) is 7.14. The average molecular weight is 292 g/mol. The predicted molar refractivity (Wildman–Crippen MR) is 86.3 cm³/mol. The van der Waals surface area contributed by atoms with Gasteiger partial charge < -0.3 is 14.8 Å². The van der Waals surface area contributed by atoms with Gasteiger partial charge in [-0.25, -0.2) is 0 Å². The Balaban J connectivity index is 2.52. The summed E-state index contributed by atoms with van der Waals surface area (Å²) >= 11 is 0. The molecule has 0 radical (unpaired) electrons. The van der Waals surface area contributed by atoms with E-state index >= 15 is 0 Å². The first-order valence-corrected chi connectivity index (χ1v) is 7.89. The fourth-order valence-electron chi connectivity index (χ4n) is 3.35. The van der Waals surface area contributed by atoms with Crippen LogP contribution in [0, 0.1) is 0 Å². The maximum absolute atomic E-state index is 5.74. The van der Waals surface area contributed by atoms with Crippen LogP contribution in [0.1, 0.15) is 43.5 Å². The molecule has 1 heterocycles. The Morgan fingerprint density at radius 3 is 2.62 bits per heavy atom. The largest absolute Gasteiger partial charge is 0.496 e. The van der Waals surface area contributed by atoms with Crippen molar-refractivity contribution in [2.45, 2.75) is 39.8 Å². The normalized spacial score (nSPS) is 18.4. The Kier molecular flexibility index (Phi) is 5.48. The fraction of sp³-hybridized carbons (Fsp3) is 0.647. The zero-order chi connectivity index (χ0) is 15.4. The van der Waals surface area contributed by atoms with E-state index in [0.29, 0.717) is 6.04 Å². The van der Waals surface area contributed by atoms with E-state index in [1.165, 1.54) is 16.7 Å². The number of methoxy groups -OCH3 is 2. The first-order valence-electron chi connectivity index (χ1n) is 7.89. The Hall–Kier alpha value is -1.26. The molecule has 21 heavy (non-hydrogen) atoms. The second-order valence-corrected chi connectivity index (χ2v) is 5.50. The SMILES string of the molecule is CCNCc1cc(OC)c2c(c1OC)CCN(CC)C2C. The molecule has 4 nitrogen and oxygen atoms in total. The molecule has 2 rings (SSSR count). The molecule has 1 unspecified atom stereocenters. The molecule has 1 aromatic carbocycles. The Labute approximate surface area is 128 Å². The second-order valence-electron chi connectivity index (χ2n) is 5.50. The number of nitrogens with one attached hydrogen (secondary N) is 1. The summed E-state index contributed by atoms with van der Waals surface area (Å²) in [5.41, 5.74) is 3.80. The maximum atomic E-state index is 5.74. The highest BCUT2D eigenvalue weighted by molar-refractivity contribution is 5.56. The van der Waals surface area contributed by atoms with Crippen LogP contribution >= 0.6 is 0 Å². The molecule has 1 aromatic rings. The van der Waals surface area contributed by atoms with Crippen LogP contribution in [0.3, 0.4) is 0 Å². The summed E-state index contributed by atoms with van der Waals surface area (Å²) in [6.07, 6.45) is 1.02. The van der Waals surface area contributed by atoms with Gasteiger partial charge in [0.25, 0.3) is 0 Å². The van der Waals surface area contributed by atoms with Gasteiger partial charge in [0.1, 0.15) is 11.5 Å². The lowest BCUT2D eigenvalue weighted by Gasteiger charge is -2.36. The van der Waals surface area contributed by atoms with E-state index in [9.17, 15) is 0 Å². The molecule has 1 atom stereocenters. The summed E-state index contributed by atoms with van der Waals surface area (Å²) in [6, 6.07) is 2.51. The van der Waals surface area contributed by atoms with Crippen molar-refractivity contribution in [1.82, 2.24) is 10.2 Å². The third-order valence-electron chi connectivity index (χ3n) is 4.47. The van der Waals surface area contributed by atoms with Crippen molar-refractivity contribution in [3.8, 4) is 11.5 Å². The molecule has 0 spiro atoms. The topological polar surface area (TPSA) is 33.7 Å². The van der Waals surface area contributed by atoms with Crippen molar-refractivity contribution in [2.24, 2.45) is 0 Å². The van der Waals surface area contributed by atoms with E-state index in [-0.39, 0.29) is 0 Å². The van der Waals surface area contributed by atoms with Gasteiger partial charge in [0.2, 0.25) is 0 Å². The smallest absolute Gasteiger partial charge is 0.127 e. The number of fused-ring (bicyclic) bond motifs is 1. The number of hydrogen-bond donors (Lipinski definition) is 1. The number of nitrogens with zero attached hydrogens (tertiary/aromatic N) is 1. The van der Waals surface area contributed by atoms with Crippen LogP contribution in [-0.2, 0) is 13.0 Å². The van der Waals surface area contributed by atoms with Gasteiger partial charge in [-0.15, -0.1) is 0 Å². The molecule has 0 aliphatic carbocycles. The van der Waals surface area contributed by atoms with Crippen molar-refractivity contribution in [2.75, 3.05) is 33.9 Å². The van der Waals surface area contributed by atoms with E-state index in [2.05, 4.69) is 37.1 Å². The van der Waals surface area contributed by atoms with Gasteiger partial charge >= 0.3 is 0 Å². The minimum atomic E-state index is 0.371. The van der Waals surface area contributed by atoms with Gasteiger partial charge in [0.15, 0.2) is 0 Å². The molecule has 0 aromatic heterocycles. The third kappa shape index (κ3) is 3.01. The molecule has 1 aliphatic heterocycles. The van der Waals surface area contributed by atoms with Crippen molar-refractivity contribution >= 4 is 0 Å². The minimum absolute atomic E-state index is 0.371. The lowest BCUT2D eigenvalue weighted by Crippen LogP contribution is -2.34. The van der Waals surface area contributed by atoms with Gasteiger partial charge in [0.05, 0.1) is 14.2 Å². The summed E-state index contributed by atoms with van der Waals surface area (Å²) in [7, 11) is 3.53. The van der Waals surface area contributed by atoms with Crippen molar-refractivity contribution in [3.63, 3.8) is 0 Å². The van der Waals surface area contributed by atoms with E-state index in [1.54, 1.807) is 14.2 Å². The molecule has 0 bridgehead atoms. The van der Waals surface area contributed by atoms with E-state index < -0.39 is 0 Å².